The first-order valence-corrected chi connectivity index (χ1v) is 13.1. The first-order chi connectivity index (χ1) is 17.0. The molecule has 1 aliphatic carbocycles. The van der Waals surface area contributed by atoms with Gasteiger partial charge < -0.3 is 14.3 Å². The molecule has 186 valence electrons. The molecular formula is C30H34BrFO3. The molecule has 3 nitrogen and oxygen atoms in total. The van der Waals surface area contributed by atoms with Gasteiger partial charge in [0.15, 0.2) is 0 Å². The zero-order valence-corrected chi connectivity index (χ0v) is 22.1. The van der Waals surface area contributed by atoms with Gasteiger partial charge in [0.05, 0.1) is 18.8 Å². The number of benzene rings is 3. The summed E-state index contributed by atoms with van der Waals surface area (Å²) in [7, 11) is 0. The number of aldehydes is 1. The van der Waals surface area contributed by atoms with E-state index in [1.807, 2.05) is 18.2 Å². The van der Waals surface area contributed by atoms with E-state index in [9.17, 15) is 4.39 Å². The molecule has 1 fully saturated rings. The number of aryl methyl sites for hydroxylation is 1. The second-order valence-electron chi connectivity index (χ2n) is 8.77. The summed E-state index contributed by atoms with van der Waals surface area (Å²) < 4.78 is 27.4. The Balaban J connectivity index is 0.00000108. The topological polar surface area (TPSA) is 35.5 Å². The second kappa shape index (κ2) is 14.2. The minimum atomic E-state index is -0.211. The summed E-state index contributed by atoms with van der Waals surface area (Å²) in [6.07, 6.45) is 7.21. The smallest absolute Gasteiger partial charge is 0.123 e. The first kappa shape index (κ1) is 27.1. The number of hydrogen-bond donors (Lipinski definition) is 0. The summed E-state index contributed by atoms with van der Waals surface area (Å²) in [5, 5.41) is 0. The maximum atomic E-state index is 13.8. The third-order valence-corrected chi connectivity index (χ3v) is 6.53. The Labute approximate surface area is 216 Å². The van der Waals surface area contributed by atoms with Crippen molar-refractivity contribution in [3.05, 3.63) is 88.1 Å². The highest BCUT2D eigenvalue weighted by atomic mass is 79.9. The predicted molar refractivity (Wildman–Crippen MR) is 143 cm³/mol. The van der Waals surface area contributed by atoms with Crippen molar-refractivity contribution < 1.29 is 18.7 Å². The van der Waals surface area contributed by atoms with E-state index in [-0.39, 0.29) is 18.0 Å². The lowest BCUT2D eigenvalue weighted by atomic mass is 9.94. The summed E-state index contributed by atoms with van der Waals surface area (Å²) in [5.41, 5.74) is 4.39. The van der Waals surface area contributed by atoms with E-state index >= 15 is 0 Å². The average Bonchev–Trinajstić information content (AvgIpc) is 2.85. The Kier molecular flexibility index (Phi) is 11.0. The van der Waals surface area contributed by atoms with Gasteiger partial charge in [0.2, 0.25) is 0 Å². The lowest BCUT2D eigenvalue weighted by Gasteiger charge is -2.29. The number of halogens is 2. The van der Waals surface area contributed by atoms with Crippen molar-refractivity contribution in [1.82, 2.24) is 0 Å². The second-order valence-corrected chi connectivity index (χ2v) is 9.69. The lowest BCUT2D eigenvalue weighted by Crippen LogP contribution is -2.28. The van der Waals surface area contributed by atoms with E-state index in [0.717, 1.165) is 66.2 Å². The molecule has 0 unspecified atom stereocenters. The van der Waals surface area contributed by atoms with Gasteiger partial charge in [-0.2, -0.15) is 0 Å². The normalized spacial score (nSPS) is 17.3. The average molecular weight is 542 g/mol. The van der Waals surface area contributed by atoms with Crippen molar-refractivity contribution >= 4 is 22.2 Å². The maximum Gasteiger partial charge on any atom is 0.123 e. The summed E-state index contributed by atoms with van der Waals surface area (Å²) >= 11 is 3.51. The van der Waals surface area contributed by atoms with Crippen molar-refractivity contribution in [1.29, 1.82) is 0 Å². The Bertz CT molecular complexity index is 1080. The molecule has 0 N–H and O–H groups in total. The van der Waals surface area contributed by atoms with Crippen LogP contribution in [0.1, 0.15) is 57.1 Å². The van der Waals surface area contributed by atoms with Crippen LogP contribution in [0.2, 0.25) is 0 Å². The van der Waals surface area contributed by atoms with Crippen LogP contribution in [-0.2, 0) is 22.6 Å². The molecule has 5 heteroatoms. The summed E-state index contributed by atoms with van der Waals surface area (Å²) in [4.78, 5) is 8.81. The van der Waals surface area contributed by atoms with Crippen LogP contribution >= 0.6 is 15.9 Å². The van der Waals surface area contributed by atoms with Crippen LogP contribution in [0.4, 0.5) is 4.39 Å². The molecule has 0 amide bonds. The molecule has 0 spiro atoms. The van der Waals surface area contributed by atoms with Crippen molar-refractivity contribution in [2.24, 2.45) is 0 Å². The van der Waals surface area contributed by atoms with Crippen LogP contribution in [0.15, 0.2) is 71.2 Å². The molecule has 0 atom stereocenters. The van der Waals surface area contributed by atoms with Crippen LogP contribution in [0.5, 0.6) is 5.75 Å². The van der Waals surface area contributed by atoms with Gasteiger partial charge in [0.1, 0.15) is 17.9 Å². The number of hydrogen-bond acceptors (Lipinski definition) is 3. The van der Waals surface area contributed by atoms with Crippen molar-refractivity contribution in [3.8, 4) is 16.9 Å². The molecule has 0 bridgehead atoms. The highest BCUT2D eigenvalue weighted by molar-refractivity contribution is 9.10. The zero-order chi connectivity index (χ0) is 25.0. The lowest BCUT2D eigenvalue weighted by molar-refractivity contribution is -0.106. The van der Waals surface area contributed by atoms with E-state index in [4.69, 9.17) is 14.3 Å². The Morgan fingerprint density at radius 1 is 0.971 bits per heavy atom. The van der Waals surface area contributed by atoms with Crippen LogP contribution in [-0.4, -0.2) is 18.5 Å². The number of carbonyl (C=O) groups is 1. The SMILES string of the molecule is CC=O.CCCc1ccc(OC2CCC(OCc3cccc(Br)c3)CC2)cc1-c1cccc(F)c1. The minimum Gasteiger partial charge on any atom is -0.490 e. The fraction of sp³-hybridized carbons (Fsp3) is 0.367. The van der Waals surface area contributed by atoms with Crippen LogP contribution in [0.25, 0.3) is 11.1 Å². The number of rotatable bonds is 8. The quantitative estimate of drug-likeness (QED) is 0.269. The molecule has 1 aliphatic rings. The minimum absolute atomic E-state index is 0.193. The van der Waals surface area contributed by atoms with Gasteiger partial charge in [-0.3, -0.25) is 0 Å². The largest absolute Gasteiger partial charge is 0.490 e. The van der Waals surface area contributed by atoms with E-state index in [2.05, 4.69) is 53.2 Å². The van der Waals surface area contributed by atoms with Crippen LogP contribution in [0, 0.1) is 5.82 Å². The summed E-state index contributed by atoms with van der Waals surface area (Å²) in [6.45, 7) is 4.25. The highest BCUT2D eigenvalue weighted by Crippen LogP contribution is 2.32. The van der Waals surface area contributed by atoms with Crippen molar-refractivity contribution in [3.63, 3.8) is 0 Å². The molecule has 3 aromatic rings. The first-order valence-electron chi connectivity index (χ1n) is 12.3. The predicted octanol–water partition coefficient (Wildman–Crippen LogP) is 8.32. The van der Waals surface area contributed by atoms with E-state index in [1.165, 1.54) is 24.1 Å². The standard InChI is InChI=1S/C28H30BrFO2.C2H4O/c1-2-5-21-10-11-27(18-28(21)22-7-4-9-24(30)17-22)32-26-14-12-25(13-15-26)31-19-20-6-3-8-23(29)16-20;1-2-3/h3-4,6-11,16-18,25-26H,2,5,12-15,19H2,1H3;2H,1H3. The maximum absolute atomic E-state index is 13.8. The Hall–Kier alpha value is -2.50. The van der Waals surface area contributed by atoms with Gasteiger partial charge in [0, 0.05) is 4.47 Å². The third kappa shape index (κ3) is 8.59. The molecule has 1 saturated carbocycles. The van der Waals surface area contributed by atoms with E-state index < -0.39 is 0 Å². The zero-order valence-electron chi connectivity index (χ0n) is 20.5. The van der Waals surface area contributed by atoms with Crippen molar-refractivity contribution in [2.45, 2.75) is 71.2 Å². The molecular weight excluding hydrogens is 507 g/mol. The summed E-state index contributed by atoms with van der Waals surface area (Å²) in [5.74, 6) is 0.653. The van der Waals surface area contributed by atoms with Gasteiger partial charge >= 0.3 is 0 Å². The van der Waals surface area contributed by atoms with Crippen molar-refractivity contribution in [2.75, 3.05) is 0 Å². The fourth-order valence-corrected chi connectivity index (χ4v) is 4.84. The number of carbonyl (C=O) groups excluding carboxylic acids is 1. The monoisotopic (exact) mass is 540 g/mol. The van der Waals surface area contributed by atoms with Gasteiger partial charge in [-0.25, -0.2) is 4.39 Å². The van der Waals surface area contributed by atoms with E-state index in [0.29, 0.717) is 6.61 Å². The van der Waals surface area contributed by atoms with Gasteiger partial charge in [-0.05, 0) is 97.7 Å². The molecule has 3 aromatic carbocycles. The Morgan fingerprint density at radius 2 is 1.69 bits per heavy atom. The molecule has 4 rings (SSSR count). The van der Waals surface area contributed by atoms with Crippen LogP contribution in [0.3, 0.4) is 0 Å². The van der Waals surface area contributed by atoms with E-state index in [1.54, 1.807) is 12.1 Å². The number of ether oxygens (including phenoxy) is 2. The third-order valence-electron chi connectivity index (χ3n) is 6.04. The molecule has 0 radical (unpaired) electrons. The van der Waals surface area contributed by atoms with Gasteiger partial charge in [-0.15, -0.1) is 0 Å². The molecule has 0 saturated heterocycles. The molecule has 0 aromatic heterocycles. The molecule has 0 aliphatic heterocycles. The van der Waals surface area contributed by atoms with Gasteiger partial charge in [-0.1, -0.05) is 59.6 Å². The fourth-order valence-electron chi connectivity index (χ4n) is 4.39. The highest BCUT2D eigenvalue weighted by Gasteiger charge is 2.23. The summed E-state index contributed by atoms with van der Waals surface area (Å²) in [6, 6.07) is 21.4. The molecule has 0 heterocycles. The van der Waals surface area contributed by atoms with Gasteiger partial charge in [0.25, 0.3) is 0 Å². The van der Waals surface area contributed by atoms with Crippen LogP contribution < -0.4 is 4.74 Å². The molecule has 35 heavy (non-hydrogen) atoms. The Morgan fingerprint density at radius 3 is 2.37 bits per heavy atom.